The number of benzene rings is 1. The smallest absolute Gasteiger partial charge is 0.315 e. The molecule has 1 aromatic rings. The van der Waals surface area contributed by atoms with Gasteiger partial charge in [-0.05, 0) is 37.7 Å². The van der Waals surface area contributed by atoms with Gasteiger partial charge in [0.1, 0.15) is 5.41 Å². The number of carboxylic acid groups (broad SMARTS) is 1. The van der Waals surface area contributed by atoms with Crippen molar-refractivity contribution >= 4 is 5.97 Å². The van der Waals surface area contributed by atoms with Crippen LogP contribution in [0.25, 0.3) is 0 Å². The molecular weight excluding hydrogens is 254 g/mol. The molecule has 0 amide bonds. The lowest BCUT2D eigenvalue weighted by Crippen LogP contribution is -2.45. The monoisotopic (exact) mass is 277 g/mol. The number of aliphatic carboxylic acids is 1. The standard InChI is InChI=1S/C16H23NO3/c1-12-3-2-4-14(9-12)16(11-17,15(18)19)10-13-5-7-20-8-6-13/h2-4,9,13H,5-8,10-11,17H2,1H3,(H,18,19). The predicted octanol–water partition coefficient (Wildman–Crippen LogP) is 2.09. The number of hydrogen-bond acceptors (Lipinski definition) is 3. The van der Waals surface area contributed by atoms with Gasteiger partial charge in [-0.25, -0.2) is 0 Å². The highest BCUT2D eigenvalue weighted by molar-refractivity contribution is 5.82. The van der Waals surface area contributed by atoms with Crippen molar-refractivity contribution in [1.29, 1.82) is 0 Å². The molecule has 1 saturated heterocycles. The number of aryl methyl sites for hydroxylation is 1. The van der Waals surface area contributed by atoms with Gasteiger partial charge in [-0.1, -0.05) is 29.8 Å². The molecule has 0 spiro atoms. The molecule has 4 heteroatoms. The third-order valence-corrected chi connectivity index (χ3v) is 4.31. The fourth-order valence-electron chi connectivity index (χ4n) is 3.00. The molecule has 1 aromatic carbocycles. The van der Waals surface area contributed by atoms with Crippen LogP contribution in [-0.2, 0) is 14.9 Å². The highest BCUT2D eigenvalue weighted by Gasteiger charge is 2.41. The van der Waals surface area contributed by atoms with E-state index in [1.54, 1.807) is 0 Å². The molecule has 0 saturated carbocycles. The van der Waals surface area contributed by atoms with Crippen LogP contribution in [0, 0.1) is 12.8 Å². The van der Waals surface area contributed by atoms with Crippen LogP contribution in [0.15, 0.2) is 24.3 Å². The number of carboxylic acids is 1. The molecule has 0 bridgehead atoms. The first-order valence-electron chi connectivity index (χ1n) is 7.17. The highest BCUT2D eigenvalue weighted by Crippen LogP contribution is 2.35. The summed E-state index contributed by atoms with van der Waals surface area (Å²) in [5, 5.41) is 9.79. The van der Waals surface area contributed by atoms with Crippen LogP contribution < -0.4 is 5.73 Å². The quantitative estimate of drug-likeness (QED) is 0.864. The Morgan fingerprint density at radius 3 is 2.70 bits per heavy atom. The number of carbonyl (C=O) groups is 1. The van der Waals surface area contributed by atoms with Crippen LogP contribution in [0.4, 0.5) is 0 Å². The Morgan fingerprint density at radius 2 is 2.15 bits per heavy atom. The zero-order valence-corrected chi connectivity index (χ0v) is 12.0. The van der Waals surface area contributed by atoms with E-state index in [9.17, 15) is 9.90 Å². The molecule has 1 atom stereocenters. The van der Waals surface area contributed by atoms with E-state index in [0.29, 0.717) is 12.3 Å². The van der Waals surface area contributed by atoms with Gasteiger partial charge < -0.3 is 15.6 Å². The first-order valence-corrected chi connectivity index (χ1v) is 7.17. The topological polar surface area (TPSA) is 72.5 Å². The number of nitrogens with two attached hydrogens (primary N) is 1. The Balaban J connectivity index is 2.31. The maximum Gasteiger partial charge on any atom is 0.315 e. The average Bonchev–Trinajstić information content (AvgIpc) is 2.45. The lowest BCUT2D eigenvalue weighted by Gasteiger charge is -2.34. The second-order valence-corrected chi connectivity index (χ2v) is 5.72. The Bertz CT molecular complexity index is 469. The van der Waals surface area contributed by atoms with Gasteiger partial charge in [-0.2, -0.15) is 0 Å². The highest BCUT2D eigenvalue weighted by atomic mass is 16.5. The van der Waals surface area contributed by atoms with Crippen molar-refractivity contribution in [3.8, 4) is 0 Å². The van der Waals surface area contributed by atoms with Crippen molar-refractivity contribution in [3.63, 3.8) is 0 Å². The van der Waals surface area contributed by atoms with Crippen LogP contribution in [0.5, 0.6) is 0 Å². The molecule has 0 radical (unpaired) electrons. The van der Waals surface area contributed by atoms with Crippen LogP contribution >= 0.6 is 0 Å². The van der Waals surface area contributed by atoms with Crippen molar-refractivity contribution in [3.05, 3.63) is 35.4 Å². The van der Waals surface area contributed by atoms with Gasteiger partial charge in [0.25, 0.3) is 0 Å². The summed E-state index contributed by atoms with van der Waals surface area (Å²) in [6.45, 7) is 3.54. The van der Waals surface area contributed by atoms with Crippen molar-refractivity contribution < 1.29 is 14.6 Å². The number of hydrogen-bond donors (Lipinski definition) is 2. The largest absolute Gasteiger partial charge is 0.481 e. The van der Waals surface area contributed by atoms with E-state index in [4.69, 9.17) is 10.5 Å². The zero-order chi connectivity index (χ0) is 14.6. The summed E-state index contributed by atoms with van der Waals surface area (Å²) < 4.78 is 5.35. The van der Waals surface area contributed by atoms with E-state index in [0.717, 1.165) is 37.2 Å². The molecule has 0 aromatic heterocycles. The summed E-state index contributed by atoms with van der Waals surface area (Å²) in [4.78, 5) is 11.9. The van der Waals surface area contributed by atoms with Gasteiger partial charge in [-0.3, -0.25) is 4.79 Å². The van der Waals surface area contributed by atoms with E-state index in [2.05, 4.69) is 0 Å². The maximum absolute atomic E-state index is 11.9. The normalized spacial score (nSPS) is 19.5. The summed E-state index contributed by atoms with van der Waals surface area (Å²) in [5.41, 5.74) is 6.80. The van der Waals surface area contributed by atoms with Crippen molar-refractivity contribution in [2.75, 3.05) is 19.8 Å². The van der Waals surface area contributed by atoms with Gasteiger partial charge >= 0.3 is 5.97 Å². The molecule has 20 heavy (non-hydrogen) atoms. The van der Waals surface area contributed by atoms with Crippen molar-refractivity contribution in [1.82, 2.24) is 0 Å². The summed E-state index contributed by atoms with van der Waals surface area (Å²) in [7, 11) is 0. The molecule has 3 N–H and O–H groups in total. The van der Waals surface area contributed by atoms with Gasteiger partial charge in [0, 0.05) is 19.8 Å². The Morgan fingerprint density at radius 1 is 1.45 bits per heavy atom. The van der Waals surface area contributed by atoms with E-state index < -0.39 is 11.4 Å². The molecule has 1 fully saturated rings. The van der Waals surface area contributed by atoms with Gasteiger partial charge in [-0.15, -0.1) is 0 Å². The van der Waals surface area contributed by atoms with Crippen molar-refractivity contribution in [2.45, 2.75) is 31.6 Å². The number of rotatable bonds is 5. The van der Waals surface area contributed by atoms with Gasteiger partial charge in [0.05, 0.1) is 0 Å². The molecule has 110 valence electrons. The molecule has 2 rings (SSSR count). The average molecular weight is 277 g/mol. The third-order valence-electron chi connectivity index (χ3n) is 4.31. The van der Waals surface area contributed by atoms with E-state index in [1.807, 2.05) is 31.2 Å². The van der Waals surface area contributed by atoms with E-state index in [-0.39, 0.29) is 6.54 Å². The Labute approximate surface area is 119 Å². The first-order chi connectivity index (χ1) is 9.58. The minimum absolute atomic E-state index is 0.128. The minimum Gasteiger partial charge on any atom is -0.481 e. The Kier molecular flexibility index (Phi) is 4.78. The fraction of sp³-hybridized carbons (Fsp3) is 0.562. The SMILES string of the molecule is Cc1cccc(C(CN)(CC2CCOCC2)C(=O)O)c1. The second kappa shape index (κ2) is 6.37. The lowest BCUT2D eigenvalue weighted by molar-refractivity contribution is -0.144. The summed E-state index contributed by atoms with van der Waals surface area (Å²) in [6.07, 6.45) is 2.42. The van der Waals surface area contributed by atoms with Crippen LogP contribution in [-0.4, -0.2) is 30.8 Å². The zero-order valence-electron chi connectivity index (χ0n) is 12.0. The summed E-state index contributed by atoms with van der Waals surface area (Å²) in [6, 6.07) is 7.71. The second-order valence-electron chi connectivity index (χ2n) is 5.72. The molecule has 1 aliphatic heterocycles. The van der Waals surface area contributed by atoms with E-state index in [1.165, 1.54) is 0 Å². The van der Waals surface area contributed by atoms with Crippen LogP contribution in [0.2, 0.25) is 0 Å². The summed E-state index contributed by atoms with van der Waals surface area (Å²) in [5.74, 6) is -0.457. The molecular formula is C16H23NO3. The molecule has 0 aliphatic carbocycles. The summed E-state index contributed by atoms with van der Waals surface area (Å²) >= 11 is 0. The van der Waals surface area contributed by atoms with Gasteiger partial charge in [0.15, 0.2) is 0 Å². The molecule has 1 heterocycles. The molecule has 1 aliphatic rings. The van der Waals surface area contributed by atoms with Crippen LogP contribution in [0.1, 0.15) is 30.4 Å². The molecule has 4 nitrogen and oxygen atoms in total. The van der Waals surface area contributed by atoms with Gasteiger partial charge in [0.2, 0.25) is 0 Å². The van der Waals surface area contributed by atoms with E-state index >= 15 is 0 Å². The lowest BCUT2D eigenvalue weighted by atomic mass is 9.72. The third kappa shape index (κ3) is 3.02. The molecule has 1 unspecified atom stereocenters. The minimum atomic E-state index is -0.978. The number of ether oxygens (including phenoxy) is 1. The van der Waals surface area contributed by atoms with Crippen molar-refractivity contribution in [2.24, 2.45) is 11.7 Å². The fourth-order valence-corrected chi connectivity index (χ4v) is 3.00. The first kappa shape index (κ1) is 15.0. The predicted molar refractivity (Wildman–Crippen MR) is 77.7 cm³/mol. The Hall–Kier alpha value is -1.39. The van der Waals surface area contributed by atoms with Crippen LogP contribution in [0.3, 0.4) is 0 Å². The maximum atomic E-state index is 11.9.